The Morgan fingerprint density at radius 1 is 1.32 bits per heavy atom. The van der Waals surface area contributed by atoms with Gasteiger partial charge in [-0.25, -0.2) is 9.97 Å². The maximum absolute atomic E-state index is 11.5. The molecule has 0 bridgehead atoms. The molecule has 140 valence electrons. The summed E-state index contributed by atoms with van der Waals surface area (Å²) in [5.41, 5.74) is 0.418. The molecule has 2 saturated heterocycles. The lowest BCUT2D eigenvalue weighted by Crippen LogP contribution is -2.50. The number of anilines is 1. The third-order valence-corrected chi connectivity index (χ3v) is 5.22. The van der Waals surface area contributed by atoms with Crippen molar-refractivity contribution in [3.63, 3.8) is 0 Å². The molecule has 0 unspecified atom stereocenters. The molecule has 1 atom stereocenters. The Labute approximate surface area is 147 Å². The molecule has 1 aromatic rings. The van der Waals surface area contributed by atoms with Crippen molar-refractivity contribution in [1.82, 2.24) is 9.97 Å². The summed E-state index contributed by atoms with van der Waals surface area (Å²) in [6, 6.07) is 1.58. The summed E-state index contributed by atoms with van der Waals surface area (Å²) in [6.07, 6.45) is 1.58. The van der Waals surface area contributed by atoms with Gasteiger partial charge in [-0.3, -0.25) is 4.18 Å². The molecule has 3 rings (SSSR count). The van der Waals surface area contributed by atoms with Crippen molar-refractivity contribution in [2.24, 2.45) is 5.92 Å². The van der Waals surface area contributed by atoms with Crippen molar-refractivity contribution in [3.8, 4) is 0 Å². The molecule has 10 heteroatoms. The molecule has 1 aromatic heterocycles. The maximum Gasteiger partial charge on any atom is 0.272 e. The molecule has 0 N–H and O–H groups in total. The fourth-order valence-corrected chi connectivity index (χ4v) is 3.34. The second-order valence-corrected chi connectivity index (χ2v) is 7.83. The van der Waals surface area contributed by atoms with Gasteiger partial charge in [0.2, 0.25) is 5.95 Å². The van der Waals surface area contributed by atoms with Crippen LogP contribution in [0.25, 0.3) is 0 Å². The van der Waals surface area contributed by atoms with Gasteiger partial charge in [-0.15, -0.1) is 0 Å². The highest BCUT2D eigenvalue weighted by Gasteiger charge is 2.29. The molecule has 0 aromatic carbocycles. The van der Waals surface area contributed by atoms with E-state index >= 15 is 0 Å². The van der Waals surface area contributed by atoms with Crippen molar-refractivity contribution in [1.29, 1.82) is 0 Å². The highest BCUT2D eigenvalue weighted by Crippen LogP contribution is 2.22. The molecule has 0 amide bonds. The lowest BCUT2D eigenvalue weighted by molar-refractivity contribution is -0.118. The molecule has 0 saturated carbocycles. The average Bonchev–Trinajstić information content (AvgIpc) is 2.57. The zero-order chi connectivity index (χ0) is 17.7. The summed E-state index contributed by atoms with van der Waals surface area (Å²) in [5, 5.41) is 0. The summed E-state index contributed by atoms with van der Waals surface area (Å²) in [7, 11) is -2.45. The largest absolute Gasteiger partial charge is 0.378 e. The monoisotopic (exact) mass is 373 g/mol. The fourth-order valence-electron chi connectivity index (χ4n) is 2.69. The van der Waals surface area contributed by atoms with Crippen molar-refractivity contribution in [2.75, 3.05) is 58.1 Å². The van der Waals surface area contributed by atoms with E-state index in [1.165, 1.54) is 0 Å². The normalized spacial score (nSPS) is 22.0. The maximum atomic E-state index is 11.5. The van der Waals surface area contributed by atoms with Gasteiger partial charge in [-0.2, -0.15) is 8.42 Å². The van der Waals surface area contributed by atoms with E-state index in [4.69, 9.17) is 14.2 Å². The molecule has 0 radical (unpaired) electrons. The predicted molar refractivity (Wildman–Crippen MR) is 88.7 cm³/mol. The average molecular weight is 373 g/mol. The van der Waals surface area contributed by atoms with E-state index in [1.54, 1.807) is 12.3 Å². The van der Waals surface area contributed by atoms with Gasteiger partial charge in [-0.05, 0) is 6.07 Å². The first-order chi connectivity index (χ1) is 12.1. The van der Waals surface area contributed by atoms with Crippen LogP contribution >= 0.6 is 0 Å². The van der Waals surface area contributed by atoms with Crippen LogP contribution < -0.4 is 4.90 Å². The van der Waals surface area contributed by atoms with Crippen molar-refractivity contribution in [3.05, 3.63) is 18.0 Å². The van der Waals surface area contributed by atoms with Gasteiger partial charge in [0.1, 0.15) is 11.9 Å². The third-order valence-electron chi connectivity index (χ3n) is 4.06. The van der Waals surface area contributed by atoms with Crippen LogP contribution in [0.1, 0.15) is 5.69 Å². The minimum atomic E-state index is -3.59. The lowest BCUT2D eigenvalue weighted by atomic mass is 10.0. The van der Waals surface area contributed by atoms with E-state index < -0.39 is 10.1 Å². The number of ether oxygens (including phenoxy) is 3. The first-order valence-corrected chi connectivity index (χ1v) is 9.76. The lowest BCUT2D eigenvalue weighted by Gasteiger charge is -2.39. The molecule has 2 aliphatic rings. The third kappa shape index (κ3) is 5.32. The van der Waals surface area contributed by atoms with Gasteiger partial charge in [-0.1, -0.05) is 0 Å². The van der Waals surface area contributed by atoms with Gasteiger partial charge in [0.15, 0.2) is 0 Å². The number of hydrogen-bond acceptors (Lipinski definition) is 9. The van der Waals surface area contributed by atoms with Crippen molar-refractivity contribution in [2.45, 2.75) is 11.9 Å². The fraction of sp³-hybridized carbons (Fsp3) is 0.733. The predicted octanol–water partition coefficient (Wildman–Crippen LogP) is -0.179. The van der Waals surface area contributed by atoms with Crippen molar-refractivity contribution >= 4 is 16.1 Å². The second-order valence-electron chi connectivity index (χ2n) is 6.09. The van der Waals surface area contributed by atoms with E-state index in [0.29, 0.717) is 50.6 Å². The van der Waals surface area contributed by atoms with Crippen LogP contribution in [0.15, 0.2) is 12.3 Å². The van der Waals surface area contributed by atoms with E-state index in [1.807, 2.05) is 4.90 Å². The molecular weight excluding hydrogens is 350 g/mol. The van der Waals surface area contributed by atoms with E-state index in [9.17, 15) is 8.42 Å². The van der Waals surface area contributed by atoms with Crippen LogP contribution in [0.4, 0.5) is 5.95 Å². The standard InChI is InChI=1S/C15H23N3O6S/c1-21-25(19,20)11-13-2-3-16-15(17-13)18-6-12(7-18)8-23-10-14-9-22-4-5-24-14/h2-3,12,14H,4-11H2,1H3/t14-/m0/s1. The molecule has 2 fully saturated rings. The Balaban J connectivity index is 1.41. The molecule has 0 spiro atoms. The Morgan fingerprint density at radius 3 is 2.88 bits per heavy atom. The smallest absolute Gasteiger partial charge is 0.272 e. The van der Waals surface area contributed by atoms with Crippen LogP contribution in [-0.2, 0) is 34.3 Å². The van der Waals surface area contributed by atoms with Crippen molar-refractivity contribution < 1.29 is 26.8 Å². The SMILES string of the molecule is COS(=O)(=O)Cc1ccnc(N2CC(COC[C@@H]3COCCO3)C2)n1. The topological polar surface area (TPSA) is 100 Å². The minimum absolute atomic E-state index is 0.0210. The summed E-state index contributed by atoms with van der Waals surface area (Å²) in [4.78, 5) is 10.5. The highest BCUT2D eigenvalue weighted by atomic mass is 32.2. The van der Waals surface area contributed by atoms with Crippen LogP contribution in [0, 0.1) is 5.92 Å². The molecule has 3 heterocycles. The molecule has 2 aliphatic heterocycles. The summed E-state index contributed by atoms with van der Waals surface area (Å²) in [5.74, 6) is 0.673. The summed E-state index contributed by atoms with van der Waals surface area (Å²) >= 11 is 0. The Kier molecular flexibility index (Phi) is 6.18. The first kappa shape index (κ1) is 18.5. The van der Waals surface area contributed by atoms with Gasteiger partial charge >= 0.3 is 0 Å². The summed E-state index contributed by atoms with van der Waals surface area (Å²) in [6.45, 7) is 4.61. The van der Waals surface area contributed by atoms with Gasteiger partial charge in [0.25, 0.3) is 10.1 Å². The highest BCUT2D eigenvalue weighted by molar-refractivity contribution is 7.85. The summed E-state index contributed by atoms with van der Waals surface area (Å²) < 4.78 is 44.0. The Bertz CT molecular complexity index is 659. The van der Waals surface area contributed by atoms with E-state index in [2.05, 4.69) is 14.2 Å². The Morgan fingerprint density at radius 2 is 2.16 bits per heavy atom. The number of hydrogen-bond donors (Lipinski definition) is 0. The van der Waals surface area contributed by atoms with Crippen LogP contribution in [-0.4, -0.2) is 77.7 Å². The Hall–Kier alpha value is -1.33. The number of nitrogens with zero attached hydrogens (tertiary/aromatic N) is 3. The zero-order valence-electron chi connectivity index (χ0n) is 14.2. The molecular formula is C15H23N3O6S. The molecule has 25 heavy (non-hydrogen) atoms. The second kappa shape index (κ2) is 8.37. The first-order valence-electron chi connectivity index (χ1n) is 8.18. The zero-order valence-corrected chi connectivity index (χ0v) is 15.0. The molecule has 0 aliphatic carbocycles. The van der Waals surface area contributed by atoms with Crippen LogP contribution in [0.5, 0.6) is 0 Å². The molecule has 9 nitrogen and oxygen atoms in total. The van der Waals surface area contributed by atoms with E-state index in [0.717, 1.165) is 20.2 Å². The van der Waals surface area contributed by atoms with Gasteiger partial charge in [0.05, 0.1) is 45.8 Å². The van der Waals surface area contributed by atoms with Gasteiger partial charge in [0, 0.05) is 25.2 Å². The number of aromatic nitrogens is 2. The quantitative estimate of drug-likeness (QED) is 0.574. The van der Waals surface area contributed by atoms with E-state index in [-0.39, 0.29) is 11.9 Å². The van der Waals surface area contributed by atoms with Crippen LogP contribution in [0.3, 0.4) is 0 Å². The number of rotatable bonds is 8. The minimum Gasteiger partial charge on any atom is -0.378 e. The van der Waals surface area contributed by atoms with Crippen LogP contribution in [0.2, 0.25) is 0 Å². The van der Waals surface area contributed by atoms with Gasteiger partial charge < -0.3 is 19.1 Å².